The van der Waals surface area contributed by atoms with Crippen LogP contribution in [0, 0.1) is 5.92 Å². The standard InChI is InChI=1S/C21H20Cl2F3NO4/c1-11(21(24,25)26)19(13-5-7-15(23)17(10-13)31-2)20(30)27-16-9-12(3-6-14(16)22)4-8-18(28)29/h3,5-7,9-11,19H,4,8H2,1-2H3,(H,27,30)(H,28,29)/t11-,19+/m1/s1. The lowest BCUT2D eigenvalue weighted by atomic mass is 9.85. The molecule has 5 nitrogen and oxygen atoms in total. The van der Waals surface area contributed by atoms with E-state index in [1.165, 1.54) is 37.4 Å². The number of carbonyl (C=O) groups is 2. The van der Waals surface area contributed by atoms with Crippen molar-refractivity contribution in [3.63, 3.8) is 0 Å². The fourth-order valence-electron chi connectivity index (χ4n) is 3.01. The Morgan fingerprint density at radius 1 is 1.13 bits per heavy atom. The number of carboxylic acid groups (broad SMARTS) is 1. The lowest BCUT2D eigenvalue weighted by molar-refractivity contribution is -0.178. The van der Waals surface area contributed by atoms with Gasteiger partial charge in [-0.3, -0.25) is 9.59 Å². The highest BCUT2D eigenvalue weighted by atomic mass is 35.5. The first-order chi connectivity index (χ1) is 14.4. The molecule has 2 rings (SSSR count). The van der Waals surface area contributed by atoms with Gasteiger partial charge in [0.05, 0.1) is 34.7 Å². The number of alkyl halides is 3. The van der Waals surface area contributed by atoms with Crippen LogP contribution in [0.2, 0.25) is 10.0 Å². The van der Waals surface area contributed by atoms with Crippen molar-refractivity contribution in [2.24, 2.45) is 5.92 Å². The highest BCUT2D eigenvalue weighted by Crippen LogP contribution is 2.40. The first-order valence-corrected chi connectivity index (χ1v) is 9.90. The third-order valence-electron chi connectivity index (χ3n) is 4.75. The number of aryl methyl sites for hydroxylation is 1. The molecule has 2 N–H and O–H groups in total. The predicted octanol–water partition coefficient (Wildman–Crippen LogP) is 5.94. The lowest BCUT2D eigenvalue weighted by Gasteiger charge is -2.26. The monoisotopic (exact) mass is 477 g/mol. The van der Waals surface area contributed by atoms with Gasteiger partial charge in [-0.25, -0.2) is 0 Å². The summed E-state index contributed by atoms with van der Waals surface area (Å²) in [5, 5.41) is 11.6. The van der Waals surface area contributed by atoms with Crippen LogP contribution in [0.3, 0.4) is 0 Å². The van der Waals surface area contributed by atoms with Gasteiger partial charge >= 0.3 is 12.1 Å². The zero-order chi connectivity index (χ0) is 23.3. The summed E-state index contributed by atoms with van der Waals surface area (Å²) in [5.74, 6) is -5.42. The van der Waals surface area contributed by atoms with Crippen LogP contribution < -0.4 is 10.1 Å². The number of nitrogens with one attached hydrogen (secondary N) is 1. The fourth-order valence-corrected chi connectivity index (χ4v) is 3.37. The third kappa shape index (κ3) is 6.51. The molecule has 0 aliphatic rings. The van der Waals surface area contributed by atoms with Gasteiger partial charge in [-0.2, -0.15) is 13.2 Å². The Labute approximate surface area is 187 Å². The fraction of sp³-hybridized carbons (Fsp3) is 0.333. The van der Waals surface area contributed by atoms with E-state index in [4.69, 9.17) is 33.0 Å². The molecule has 168 valence electrons. The summed E-state index contributed by atoms with van der Waals surface area (Å²) in [7, 11) is 1.32. The highest BCUT2D eigenvalue weighted by Gasteiger charge is 2.45. The Kier molecular flexibility index (Phi) is 8.20. The minimum Gasteiger partial charge on any atom is -0.495 e. The molecule has 0 saturated heterocycles. The molecule has 0 fully saturated rings. The topological polar surface area (TPSA) is 75.6 Å². The van der Waals surface area contributed by atoms with Crippen molar-refractivity contribution in [1.82, 2.24) is 0 Å². The van der Waals surface area contributed by atoms with E-state index in [0.717, 1.165) is 6.92 Å². The maximum atomic E-state index is 13.5. The SMILES string of the molecule is COc1cc([C@@H](C(=O)Nc2cc(CCC(=O)O)ccc2Cl)[C@@H](C)C(F)(F)F)ccc1Cl. The molecule has 0 heterocycles. The quantitative estimate of drug-likeness (QED) is 0.493. The molecule has 0 aromatic heterocycles. The summed E-state index contributed by atoms with van der Waals surface area (Å²) < 4.78 is 45.7. The van der Waals surface area contributed by atoms with Crippen molar-refractivity contribution in [2.75, 3.05) is 12.4 Å². The number of hydrogen-bond donors (Lipinski definition) is 2. The number of methoxy groups -OCH3 is 1. The van der Waals surface area contributed by atoms with Gasteiger partial charge in [0.1, 0.15) is 5.75 Å². The molecule has 31 heavy (non-hydrogen) atoms. The van der Waals surface area contributed by atoms with Gasteiger partial charge in [-0.15, -0.1) is 0 Å². The average Bonchev–Trinajstić information content (AvgIpc) is 2.69. The van der Waals surface area contributed by atoms with E-state index in [9.17, 15) is 22.8 Å². The highest BCUT2D eigenvalue weighted by molar-refractivity contribution is 6.33. The van der Waals surface area contributed by atoms with Crippen LogP contribution in [0.4, 0.5) is 18.9 Å². The van der Waals surface area contributed by atoms with E-state index in [0.29, 0.717) is 5.56 Å². The van der Waals surface area contributed by atoms with Crippen molar-refractivity contribution in [1.29, 1.82) is 0 Å². The number of ether oxygens (including phenoxy) is 1. The minimum atomic E-state index is -4.65. The summed E-state index contributed by atoms with van der Waals surface area (Å²) in [4.78, 5) is 23.7. The second-order valence-corrected chi connectivity index (χ2v) is 7.71. The van der Waals surface area contributed by atoms with Crippen molar-refractivity contribution >= 4 is 40.8 Å². The van der Waals surface area contributed by atoms with Crippen molar-refractivity contribution < 1.29 is 32.6 Å². The van der Waals surface area contributed by atoms with E-state index >= 15 is 0 Å². The van der Waals surface area contributed by atoms with Crippen molar-refractivity contribution in [2.45, 2.75) is 31.9 Å². The van der Waals surface area contributed by atoms with E-state index in [1.807, 2.05) is 0 Å². The van der Waals surface area contributed by atoms with E-state index in [-0.39, 0.29) is 39.9 Å². The first kappa shape index (κ1) is 24.8. The molecular weight excluding hydrogens is 458 g/mol. The summed E-state index contributed by atoms with van der Waals surface area (Å²) >= 11 is 12.1. The number of aliphatic carboxylic acids is 1. The summed E-state index contributed by atoms with van der Waals surface area (Å²) in [6, 6.07) is 8.46. The minimum absolute atomic E-state index is 0.0710. The van der Waals surface area contributed by atoms with Gasteiger partial charge in [0.2, 0.25) is 5.91 Å². The number of benzene rings is 2. The molecule has 0 spiro atoms. The number of carbonyl (C=O) groups excluding carboxylic acids is 1. The number of rotatable bonds is 8. The Bertz CT molecular complexity index is 966. The molecule has 2 aromatic rings. The lowest BCUT2D eigenvalue weighted by Crippen LogP contribution is -2.34. The molecule has 0 saturated carbocycles. The number of hydrogen-bond acceptors (Lipinski definition) is 3. The van der Waals surface area contributed by atoms with Gasteiger partial charge in [0.25, 0.3) is 0 Å². The average molecular weight is 478 g/mol. The van der Waals surface area contributed by atoms with Crippen LogP contribution in [0.25, 0.3) is 0 Å². The van der Waals surface area contributed by atoms with Crippen LogP contribution in [-0.2, 0) is 16.0 Å². The number of halogens is 5. The van der Waals surface area contributed by atoms with Gasteiger partial charge < -0.3 is 15.2 Å². The Hall–Kier alpha value is -2.45. The molecule has 0 aliphatic carbocycles. The smallest absolute Gasteiger partial charge is 0.392 e. The van der Waals surface area contributed by atoms with E-state index in [2.05, 4.69) is 5.32 Å². The van der Waals surface area contributed by atoms with Gasteiger partial charge in [0.15, 0.2) is 0 Å². The Morgan fingerprint density at radius 3 is 2.35 bits per heavy atom. The number of amides is 1. The normalized spacial score (nSPS) is 13.4. The van der Waals surface area contributed by atoms with Crippen LogP contribution >= 0.6 is 23.2 Å². The maximum Gasteiger partial charge on any atom is 0.392 e. The van der Waals surface area contributed by atoms with E-state index < -0.39 is 29.9 Å². The summed E-state index contributed by atoms with van der Waals surface area (Å²) in [5.41, 5.74) is 0.729. The molecule has 2 aromatic carbocycles. The third-order valence-corrected chi connectivity index (χ3v) is 5.39. The van der Waals surface area contributed by atoms with Crippen LogP contribution in [-0.4, -0.2) is 30.3 Å². The summed E-state index contributed by atoms with van der Waals surface area (Å²) in [6.45, 7) is 0.913. The molecular formula is C21H20Cl2F3NO4. The number of anilines is 1. The van der Waals surface area contributed by atoms with Crippen LogP contribution in [0.15, 0.2) is 36.4 Å². The molecule has 10 heteroatoms. The Morgan fingerprint density at radius 2 is 1.77 bits per heavy atom. The number of carboxylic acids is 1. The molecule has 0 aliphatic heterocycles. The van der Waals surface area contributed by atoms with E-state index in [1.54, 1.807) is 6.07 Å². The second-order valence-electron chi connectivity index (χ2n) is 6.90. The van der Waals surface area contributed by atoms with Crippen molar-refractivity contribution in [3.8, 4) is 5.75 Å². The van der Waals surface area contributed by atoms with Crippen LogP contribution in [0.5, 0.6) is 5.75 Å². The zero-order valence-electron chi connectivity index (χ0n) is 16.6. The molecule has 0 bridgehead atoms. The first-order valence-electron chi connectivity index (χ1n) is 9.15. The molecule has 0 unspecified atom stereocenters. The van der Waals surface area contributed by atoms with Gasteiger partial charge in [0, 0.05) is 6.42 Å². The van der Waals surface area contributed by atoms with Gasteiger partial charge in [-0.1, -0.05) is 42.3 Å². The molecule has 2 atom stereocenters. The largest absolute Gasteiger partial charge is 0.495 e. The van der Waals surface area contributed by atoms with Crippen molar-refractivity contribution in [3.05, 3.63) is 57.6 Å². The predicted molar refractivity (Wildman–Crippen MR) is 112 cm³/mol. The molecule has 1 amide bonds. The zero-order valence-corrected chi connectivity index (χ0v) is 18.1. The second kappa shape index (κ2) is 10.2. The van der Waals surface area contributed by atoms with Gasteiger partial charge in [-0.05, 0) is 41.8 Å². The van der Waals surface area contributed by atoms with Crippen LogP contribution in [0.1, 0.15) is 30.4 Å². The summed E-state index contributed by atoms with van der Waals surface area (Å²) in [6.07, 6.45) is -4.62. The molecule has 0 radical (unpaired) electrons. The maximum absolute atomic E-state index is 13.5. The Balaban J connectivity index is 2.40.